The van der Waals surface area contributed by atoms with Gasteiger partial charge in [0.2, 0.25) is 0 Å². The van der Waals surface area contributed by atoms with E-state index in [-0.39, 0.29) is 0 Å². The Bertz CT molecular complexity index is 255. The van der Waals surface area contributed by atoms with E-state index in [1.807, 2.05) is 5.51 Å². The third-order valence-electron chi connectivity index (χ3n) is 2.03. The maximum atomic E-state index is 5.36. The predicted molar refractivity (Wildman–Crippen MR) is 48.4 cm³/mol. The normalized spacial score (nSPS) is 24.2. The van der Waals surface area contributed by atoms with E-state index in [2.05, 4.69) is 17.2 Å². The monoisotopic (exact) mass is 184 g/mol. The van der Waals surface area contributed by atoms with Crippen LogP contribution < -0.4 is 5.32 Å². The second-order valence-corrected chi connectivity index (χ2v) is 3.93. The van der Waals surface area contributed by atoms with Crippen LogP contribution in [0.4, 0.5) is 0 Å². The standard InChI is InChI=1S/C8H12N2OS/c1-6-8(10-5-12-6)7-4-11-3-2-9-7/h5,7,9H,2-4H2,1H3. The molecule has 1 atom stereocenters. The highest BCUT2D eigenvalue weighted by molar-refractivity contribution is 7.09. The molecule has 1 fully saturated rings. The quantitative estimate of drug-likeness (QED) is 0.710. The summed E-state index contributed by atoms with van der Waals surface area (Å²) in [4.78, 5) is 5.61. The minimum absolute atomic E-state index is 0.310. The molecule has 0 aliphatic carbocycles. The van der Waals surface area contributed by atoms with Crippen molar-refractivity contribution >= 4 is 11.3 Å². The van der Waals surface area contributed by atoms with Gasteiger partial charge in [0.1, 0.15) is 0 Å². The highest BCUT2D eigenvalue weighted by Gasteiger charge is 2.18. The Morgan fingerprint density at radius 2 is 2.67 bits per heavy atom. The number of hydrogen-bond acceptors (Lipinski definition) is 4. The lowest BCUT2D eigenvalue weighted by atomic mass is 10.2. The molecule has 1 aromatic heterocycles. The average Bonchev–Trinajstić information content (AvgIpc) is 2.53. The van der Waals surface area contributed by atoms with Crippen LogP contribution in [0.5, 0.6) is 0 Å². The van der Waals surface area contributed by atoms with Gasteiger partial charge in [-0.3, -0.25) is 0 Å². The molecule has 0 aromatic carbocycles. The summed E-state index contributed by atoms with van der Waals surface area (Å²) in [5.74, 6) is 0. The van der Waals surface area contributed by atoms with Crippen molar-refractivity contribution in [1.29, 1.82) is 0 Å². The SMILES string of the molecule is Cc1scnc1C1COCCN1. The number of thiazole rings is 1. The summed E-state index contributed by atoms with van der Waals surface area (Å²) < 4.78 is 5.36. The maximum absolute atomic E-state index is 5.36. The van der Waals surface area contributed by atoms with E-state index >= 15 is 0 Å². The van der Waals surface area contributed by atoms with Crippen LogP contribution in [0, 0.1) is 6.92 Å². The van der Waals surface area contributed by atoms with Crippen molar-refractivity contribution in [1.82, 2.24) is 10.3 Å². The van der Waals surface area contributed by atoms with E-state index in [1.54, 1.807) is 11.3 Å². The number of aryl methyl sites for hydroxylation is 1. The van der Waals surface area contributed by atoms with Crippen molar-refractivity contribution in [2.45, 2.75) is 13.0 Å². The van der Waals surface area contributed by atoms with Gasteiger partial charge in [0.15, 0.2) is 0 Å². The minimum Gasteiger partial charge on any atom is -0.378 e. The van der Waals surface area contributed by atoms with Gasteiger partial charge in [-0.25, -0.2) is 4.98 Å². The molecule has 66 valence electrons. The average molecular weight is 184 g/mol. The molecule has 0 radical (unpaired) electrons. The summed E-state index contributed by atoms with van der Waals surface area (Å²) in [6.45, 7) is 4.61. The molecule has 1 aliphatic heterocycles. The molecule has 2 heterocycles. The Balaban J connectivity index is 2.13. The minimum atomic E-state index is 0.310. The van der Waals surface area contributed by atoms with Crippen LogP contribution >= 0.6 is 11.3 Å². The van der Waals surface area contributed by atoms with Crippen LogP contribution in [0.2, 0.25) is 0 Å². The third kappa shape index (κ3) is 1.50. The zero-order valence-electron chi connectivity index (χ0n) is 7.04. The molecule has 1 N–H and O–H groups in total. The molecular weight excluding hydrogens is 172 g/mol. The van der Waals surface area contributed by atoms with Gasteiger partial charge < -0.3 is 10.1 Å². The van der Waals surface area contributed by atoms with Crippen molar-refractivity contribution < 1.29 is 4.74 Å². The molecular formula is C8H12N2OS. The predicted octanol–water partition coefficient (Wildman–Crippen LogP) is 1.11. The molecule has 12 heavy (non-hydrogen) atoms. The maximum Gasteiger partial charge on any atom is 0.0798 e. The lowest BCUT2D eigenvalue weighted by Crippen LogP contribution is -2.35. The number of nitrogens with one attached hydrogen (secondary N) is 1. The van der Waals surface area contributed by atoms with Crippen LogP contribution in [0.25, 0.3) is 0 Å². The Kier molecular flexibility index (Phi) is 2.39. The van der Waals surface area contributed by atoms with Crippen molar-refractivity contribution in [2.75, 3.05) is 19.8 Å². The third-order valence-corrected chi connectivity index (χ3v) is 2.81. The summed E-state index contributed by atoms with van der Waals surface area (Å²) in [6.07, 6.45) is 0. The van der Waals surface area contributed by atoms with Crippen molar-refractivity contribution in [3.05, 3.63) is 16.1 Å². The highest BCUT2D eigenvalue weighted by Crippen LogP contribution is 2.20. The van der Waals surface area contributed by atoms with Gasteiger partial charge in [-0.1, -0.05) is 0 Å². The lowest BCUT2D eigenvalue weighted by Gasteiger charge is -2.22. The van der Waals surface area contributed by atoms with Crippen LogP contribution in [-0.4, -0.2) is 24.7 Å². The zero-order valence-corrected chi connectivity index (χ0v) is 7.86. The molecule has 0 amide bonds. The second-order valence-electron chi connectivity index (χ2n) is 2.88. The summed E-state index contributed by atoms with van der Waals surface area (Å²) in [7, 11) is 0. The first-order valence-corrected chi connectivity index (χ1v) is 4.97. The van der Waals surface area contributed by atoms with Gasteiger partial charge in [0, 0.05) is 11.4 Å². The molecule has 4 heteroatoms. The Labute approximate surface area is 75.8 Å². The van der Waals surface area contributed by atoms with Crippen molar-refractivity contribution in [3.8, 4) is 0 Å². The van der Waals surface area contributed by atoms with Crippen LogP contribution in [0.3, 0.4) is 0 Å². The van der Waals surface area contributed by atoms with E-state index in [9.17, 15) is 0 Å². The Morgan fingerprint density at radius 3 is 3.25 bits per heavy atom. The summed E-state index contributed by atoms with van der Waals surface area (Å²) >= 11 is 1.69. The van der Waals surface area contributed by atoms with E-state index in [4.69, 9.17) is 4.74 Å². The largest absolute Gasteiger partial charge is 0.378 e. The van der Waals surface area contributed by atoms with Crippen LogP contribution in [-0.2, 0) is 4.74 Å². The van der Waals surface area contributed by atoms with Gasteiger partial charge in [0.05, 0.1) is 30.5 Å². The number of ether oxygens (including phenoxy) is 1. The lowest BCUT2D eigenvalue weighted by molar-refractivity contribution is 0.0756. The van der Waals surface area contributed by atoms with Gasteiger partial charge in [-0.15, -0.1) is 11.3 Å². The smallest absolute Gasteiger partial charge is 0.0798 e. The number of aromatic nitrogens is 1. The Hall–Kier alpha value is -0.450. The molecule has 2 rings (SSSR count). The fraction of sp³-hybridized carbons (Fsp3) is 0.625. The van der Waals surface area contributed by atoms with Gasteiger partial charge in [-0.2, -0.15) is 0 Å². The molecule has 1 saturated heterocycles. The first-order valence-electron chi connectivity index (χ1n) is 4.09. The summed E-state index contributed by atoms with van der Waals surface area (Å²) in [5, 5.41) is 3.38. The molecule has 0 saturated carbocycles. The van der Waals surface area contributed by atoms with E-state index in [1.165, 1.54) is 4.88 Å². The topological polar surface area (TPSA) is 34.1 Å². The summed E-state index contributed by atoms with van der Waals surface area (Å²) in [6, 6.07) is 0.310. The van der Waals surface area contributed by atoms with Gasteiger partial charge in [-0.05, 0) is 6.92 Å². The molecule has 0 spiro atoms. The van der Waals surface area contributed by atoms with E-state index in [0.717, 1.165) is 25.5 Å². The van der Waals surface area contributed by atoms with Crippen molar-refractivity contribution in [3.63, 3.8) is 0 Å². The molecule has 1 unspecified atom stereocenters. The fourth-order valence-electron chi connectivity index (χ4n) is 1.39. The Morgan fingerprint density at radius 1 is 1.75 bits per heavy atom. The zero-order chi connectivity index (χ0) is 8.39. The van der Waals surface area contributed by atoms with Gasteiger partial charge >= 0.3 is 0 Å². The number of morpholine rings is 1. The molecule has 1 aliphatic rings. The number of rotatable bonds is 1. The fourth-order valence-corrected chi connectivity index (χ4v) is 2.03. The van der Waals surface area contributed by atoms with E-state index < -0.39 is 0 Å². The first kappa shape index (κ1) is 8.16. The van der Waals surface area contributed by atoms with Crippen LogP contribution in [0.1, 0.15) is 16.6 Å². The summed E-state index contributed by atoms with van der Waals surface area (Å²) in [5.41, 5.74) is 3.04. The number of nitrogens with zero attached hydrogens (tertiary/aromatic N) is 1. The molecule has 1 aromatic rings. The molecule has 0 bridgehead atoms. The van der Waals surface area contributed by atoms with Crippen LogP contribution in [0.15, 0.2) is 5.51 Å². The second kappa shape index (κ2) is 3.51. The van der Waals surface area contributed by atoms with Gasteiger partial charge in [0.25, 0.3) is 0 Å². The van der Waals surface area contributed by atoms with E-state index in [0.29, 0.717) is 6.04 Å². The highest BCUT2D eigenvalue weighted by atomic mass is 32.1. The molecule has 3 nitrogen and oxygen atoms in total. The van der Waals surface area contributed by atoms with Crippen molar-refractivity contribution in [2.24, 2.45) is 0 Å². The first-order chi connectivity index (χ1) is 5.88. The number of hydrogen-bond donors (Lipinski definition) is 1.